The smallest absolute Gasteiger partial charge is 0.0715 e. The number of ether oxygens (including phenoxy) is 1. The monoisotopic (exact) mass is 218 g/mol. The summed E-state index contributed by atoms with van der Waals surface area (Å²) in [4.78, 5) is 0. The molecule has 0 saturated heterocycles. The molecule has 1 aliphatic rings. The second kappa shape index (κ2) is 6.05. The van der Waals surface area contributed by atoms with E-state index in [0.717, 1.165) is 12.5 Å². The lowest BCUT2D eigenvalue weighted by molar-refractivity contribution is 0.183. The maximum Gasteiger partial charge on any atom is 0.0715 e. The summed E-state index contributed by atoms with van der Waals surface area (Å²) in [5.41, 5.74) is 2.87. The zero-order valence-corrected chi connectivity index (χ0v) is 10.2. The summed E-state index contributed by atoms with van der Waals surface area (Å²) < 4.78 is 5.26. The fourth-order valence-electron chi connectivity index (χ4n) is 2.76. The van der Waals surface area contributed by atoms with Crippen molar-refractivity contribution in [3.8, 4) is 0 Å². The van der Waals surface area contributed by atoms with Crippen molar-refractivity contribution in [3.63, 3.8) is 0 Å². The Morgan fingerprint density at radius 2 is 1.75 bits per heavy atom. The van der Waals surface area contributed by atoms with Crippen molar-refractivity contribution in [1.29, 1.82) is 0 Å². The minimum absolute atomic E-state index is 0.753. The standard InChI is InChI=1S/C15H22O/c1-16-12-15-10-6-5-9-14(15)11-13-7-3-2-4-8-13/h5-6,9-10,13H,2-4,7-8,11-12H2,1H3. The van der Waals surface area contributed by atoms with Gasteiger partial charge >= 0.3 is 0 Å². The second-order valence-corrected chi connectivity index (χ2v) is 4.91. The van der Waals surface area contributed by atoms with Gasteiger partial charge in [-0.2, -0.15) is 0 Å². The average Bonchev–Trinajstić information content (AvgIpc) is 2.33. The third kappa shape index (κ3) is 3.08. The van der Waals surface area contributed by atoms with Gasteiger partial charge in [0.15, 0.2) is 0 Å². The molecular weight excluding hydrogens is 196 g/mol. The van der Waals surface area contributed by atoms with E-state index >= 15 is 0 Å². The molecule has 0 heterocycles. The summed E-state index contributed by atoms with van der Waals surface area (Å²) in [5, 5.41) is 0. The zero-order valence-electron chi connectivity index (χ0n) is 10.2. The molecule has 0 unspecified atom stereocenters. The highest BCUT2D eigenvalue weighted by Crippen LogP contribution is 2.27. The summed E-state index contributed by atoms with van der Waals surface area (Å²) in [6.45, 7) is 0.753. The number of hydrogen-bond donors (Lipinski definition) is 0. The van der Waals surface area contributed by atoms with Crippen molar-refractivity contribution >= 4 is 0 Å². The highest BCUT2D eigenvalue weighted by atomic mass is 16.5. The molecule has 0 atom stereocenters. The van der Waals surface area contributed by atoms with Crippen LogP contribution >= 0.6 is 0 Å². The van der Waals surface area contributed by atoms with E-state index in [0.29, 0.717) is 0 Å². The van der Waals surface area contributed by atoms with E-state index in [1.807, 2.05) is 0 Å². The summed E-state index contributed by atoms with van der Waals surface area (Å²) in [5.74, 6) is 0.909. The Labute approximate surface area is 98.8 Å². The van der Waals surface area contributed by atoms with Gasteiger partial charge in [-0.3, -0.25) is 0 Å². The van der Waals surface area contributed by atoms with Crippen molar-refractivity contribution in [1.82, 2.24) is 0 Å². The SMILES string of the molecule is COCc1ccccc1CC1CCCCC1. The van der Waals surface area contributed by atoms with Gasteiger partial charge in [0.05, 0.1) is 6.61 Å². The largest absolute Gasteiger partial charge is 0.380 e. The zero-order chi connectivity index (χ0) is 11.2. The molecule has 88 valence electrons. The number of hydrogen-bond acceptors (Lipinski definition) is 1. The molecule has 0 amide bonds. The first kappa shape index (κ1) is 11.7. The van der Waals surface area contributed by atoms with Crippen LogP contribution in [0.25, 0.3) is 0 Å². The topological polar surface area (TPSA) is 9.23 Å². The Kier molecular flexibility index (Phi) is 4.41. The highest BCUT2D eigenvalue weighted by molar-refractivity contribution is 5.27. The highest BCUT2D eigenvalue weighted by Gasteiger charge is 2.15. The number of rotatable bonds is 4. The minimum atomic E-state index is 0.753. The Hall–Kier alpha value is -0.820. The van der Waals surface area contributed by atoms with Crippen LogP contribution in [0, 0.1) is 5.92 Å². The van der Waals surface area contributed by atoms with Crippen molar-refractivity contribution in [2.75, 3.05) is 7.11 Å². The van der Waals surface area contributed by atoms with Crippen LogP contribution in [0.2, 0.25) is 0 Å². The summed E-state index contributed by atoms with van der Waals surface area (Å²) in [7, 11) is 1.78. The third-order valence-electron chi connectivity index (χ3n) is 3.65. The molecule has 1 nitrogen and oxygen atoms in total. The van der Waals surface area contributed by atoms with Gasteiger partial charge in [-0.25, -0.2) is 0 Å². The van der Waals surface area contributed by atoms with Gasteiger partial charge in [0.2, 0.25) is 0 Å². The third-order valence-corrected chi connectivity index (χ3v) is 3.65. The predicted molar refractivity (Wildman–Crippen MR) is 67.4 cm³/mol. The molecular formula is C15H22O. The van der Waals surface area contributed by atoms with Gasteiger partial charge in [0.1, 0.15) is 0 Å². The van der Waals surface area contributed by atoms with Crippen LogP contribution in [0.3, 0.4) is 0 Å². The molecule has 1 fully saturated rings. The predicted octanol–water partition coefficient (Wildman–Crippen LogP) is 3.96. The molecule has 0 bridgehead atoms. The van der Waals surface area contributed by atoms with Gasteiger partial charge in [-0.15, -0.1) is 0 Å². The van der Waals surface area contributed by atoms with Crippen molar-refractivity contribution in [2.24, 2.45) is 5.92 Å². The molecule has 1 saturated carbocycles. The summed E-state index contributed by atoms with van der Waals surface area (Å²) in [6, 6.07) is 8.72. The lowest BCUT2D eigenvalue weighted by atomic mass is 9.84. The quantitative estimate of drug-likeness (QED) is 0.743. The van der Waals surface area contributed by atoms with E-state index in [-0.39, 0.29) is 0 Å². The fourth-order valence-corrected chi connectivity index (χ4v) is 2.76. The van der Waals surface area contributed by atoms with Gasteiger partial charge in [0, 0.05) is 7.11 Å². The Morgan fingerprint density at radius 1 is 1.06 bits per heavy atom. The molecule has 16 heavy (non-hydrogen) atoms. The molecule has 0 aliphatic heterocycles. The van der Waals surface area contributed by atoms with Gasteiger partial charge in [-0.05, 0) is 23.5 Å². The van der Waals surface area contributed by atoms with Crippen LogP contribution in [0.4, 0.5) is 0 Å². The van der Waals surface area contributed by atoms with E-state index in [1.165, 1.54) is 49.7 Å². The maximum atomic E-state index is 5.26. The Balaban J connectivity index is 2.01. The van der Waals surface area contributed by atoms with Crippen LogP contribution < -0.4 is 0 Å². The summed E-state index contributed by atoms with van der Waals surface area (Å²) >= 11 is 0. The number of methoxy groups -OCH3 is 1. The Bertz CT molecular complexity index is 313. The first-order valence-corrected chi connectivity index (χ1v) is 6.46. The molecule has 0 N–H and O–H groups in total. The van der Waals surface area contributed by atoms with Crippen LogP contribution in [0.5, 0.6) is 0 Å². The molecule has 0 radical (unpaired) electrons. The van der Waals surface area contributed by atoms with Crippen LogP contribution in [0.15, 0.2) is 24.3 Å². The molecule has 0 spiro atoms. The fraction of sp³-hybridized carbons (Fsp3) is 0.600. The van der Waals surface area contributed by atoms with E-state index < -0.39 is 0 Å². The molecule has 1 aromatic carbocycles. The van der Waals surface area contributed by atoms with E-state index in [1.54, 1.807) is 7.11 Å². The first-order chi connectivity index (χ1) is 7.90. The lowest BCUT2D eigenvalue weighted by Gasteiger charge is -2.22. The molecule has 1 aliphatic carbocycles. The van der Waals surface area contributed by atoms with Crippen molar-refractivity contribution in [2.45, 2.75) is 45.1 Å². The van der Waals surface area contributed by atoms with Gasteiger partial charge < -0.3 is 4.74 Å². The van der Waals surface area contributed by atoms with Crippen molar-refractivity contribution < 1.29 is 4.74 Å². The molecule has 1 aromatic rings. The van der Waals surface area contributed by atoms with Crippen LogP contribution in [0.1, 0.15) is 43.2 Å². The maximum absolute atomic E-state index is 5.26. The normalized spacial score (nSPS) is 17.6. The second-order valence-electron chi connectivity index (χ2n) is 4.91. The van der Waals surface area contributed by atoms with Gasteiger partial charge in [-0.1, -0.05) is 56.4 Å². The minimum Gasteiger partial charge on any atom is -0.380 e. The number of benzene rings is 1. The average molecular weight is 218 g/mol. The van der Waals surface area contributed by atoms with E-state index in [4.69, 9.17) is 4.74 Å². The van der Waals surface area contributed by atoms with Crippen LogP contribution in [-0.4, -0.2) is 7.11 Å². The lowest BCUT2D eigenvalue weighted by Crippen LogP contribution is -2.10. The molecule has 2 rings (SSSR count). The van der Waals surface area contributed by atoms with E-state index in [2.05, 4.69) is 24.3 Å². The van der Waals surface area contributed by atoms with E-state index in [9.17, 15) is 0 Å². The molecule has 0 aromatic heterocycles. The van der Waals surface area contributed by atoms with Crippen molar-refractivity contribution in [3.05, 3.63) is 35.4 Å². The van der Waals surface area contributed by atoms with Crippen LogP contribution in [-0.2, 0) is 17.8 Å². The first-order valence-electron chi connectivity index (χ1n) is 6.46. The summed E-state index contributed by atoms with van der Waals surface area (Å²) in [6.07, 6.45) is 8.38. The van der Waals surface area contributed by atoms with Gasteiger partial charge in [0.25, 0.3) is 0 Å². The molecule has 1 heteroatoms. The Morgan fingerprint density at radius 3 is 2.44 bits per heavy atom.